The lowest BCUT2D eigenvalue weighted by atomic mass is 10.2. The van der Waals surface area contributed by atoms with Gasteiger partial charge in [0.1, 0.15) is 0 Å². The number of rotatable bonds is 0. The Morgan fingerprint density at radius 1 is 1.67 bits per heavy atom. The van der Waals surface area contributed by atoms with Gasteiger partial charge in [-0.3, -0.25) is 9.36 Å². The highest BCUT2D eigenvalue weighted by Crippen LogP contribution is 2.26. The molecule has 0 radical (unpaired) electrons. The van der Waals surface area contributed by atoms with E-state index in [-0.39, 0.29) is 17.1 Å². The molecular weight excluding hydrogens is 156 g/mol. The van der Waals surface area contributed by atoms with Gasteiger partial charge in [-0.2, -0.15) is 0 Å². The Hall–Kier alpha value is -1.76. The fraction of sp³-hybridized carbons (Fsp3) is 0.250. The molecule has 0 unspecified atom stereocenters. The predicted molar refractivity (Wildman–Crippen MR) is 44.3 cm³/mol. The van der Waals surface area contributed by atoms with Gasteiger partial charge in [0.15, 0.2) is 5.88 Å². The summed E-state index contributed by atoms with van der Waals surface area (Å²) in [5.74, 6) is -0.269. The van der Waals surface area contributed by atoms with Crippen molar-refractivity contribution in [1.82, 2.24) is 4.57 Å². The van der Waals surface area contributed by atoms with Crippen molar-refractivity contribution in [2.75, 3.05) is 0 Å². The summed E-state index contributed by atoms with van der Waals surface area (Å²) in [7, 11) is 1.42. The van der Waals surface area contributed by atoms with Crippen molar-refractivity contribution in [3.8, 4) is 5.88 Å². The molecule has 1 N–H and O–H groups in total. The van der Waals surface area contributed by atoms with Gasteiger partial charge in [-0.25, -0.2) is 4.85 Å². The van der Waals surface area contributed by atoms with E-state index < -0.39 is 0 Å². The van der Waals surface area contributed by atoms with Crippen LogP contribution in [0.15, 0.2) is 10.9 Å². The van der Waals surface area contributed by atoms with Crippen LogP contribution in [0.2, 0.25) is 0 Å². The van der Waals surface area contributed by atoms with Crippen molar-refractivity contribution in [3.63, 3.8) is 0 Å². The minimum absolute atomic E-state index is 0.136. The SMILES string of the molecule is [C-]#[N+]c1c(C)cc(=O)n(C)c1O. The zero-order valence-corrected chi connectivity index (χ0v) is 6.83. The van der Waals surface area contributed by atoms with Crippen LogP contribution in [0.4, 0.5) is 5.69 Å². The number of nitrogens with zero attached hydrogens (tertiary/aromatic N) is 2. The first-order valence-electron chi connectivity index (χ1n) is 3.35. The monoisotopic (exact) mass is 164 g/mol. The highest BCUT2D eigenvalue weighted by Gasteiger charge is 2.08. The van der Waals surface area contributed by atoms with Crippen LogP contribution >= 0.6 is 0 Å². The maximum absolute atomic E-state index is 11.0. The standard InChI is InChI=1S/C8H8N2O2/c1-5-4-6(11)10(3)8(12)7(5)9-2/h4,12H,1,3H3. The summed E-state index contributed by atoms with van der Waals surface area (Å²) in [5.41, 5.74) is 0.333. The van der Waals surface area contributed by atoms with Crippen molar-refractivity contribution in [1.29, 1.82) is 0 Å². The van der Waals surface area contributed by atoms with Crippen LogP contribution in [0.25, 0.3) is 4.85 Å². The number of hydrogen-bond donors (Lipinski definition) is 1. The van der Waals surface area contributed by atoms with Crippen LogP contribution in [0, 0.1) is 13.5 Å². The van der Waals surface area contributed by atoms with Crippen molar-refractivity contribution in [3.05, 3.63) is 33.4 Å². The van der Waals surface area contributed by atoms with Crippen LogP contribution in [0.1, 0.15) is 5.56 Å². The number of aromatic hydroxyl groups is 1. The fourth-order valence-corrected chi connectivity index (χ4v) is 0.928. The molecule has 0 aliphatic carbocycles. The Morgan fingerprint density at radius 3 is 2.75 bits per heavy atom. The van der Waals surface area contributed by atoms with E-state index in [9.17, 15) is 9.90 Å². The summed E-state index contributed by atoms with van der Waals surface area (Å²) in [5, 5.41) is 9.31. The molecule has 0 aromatic carbocycles. The Morgan fingerprint density at radius 2 is 2.25 bits per heavy atom. The third-order valence-corrected chi connectivity index (χ3v) is 1.69. The highest BCUT2D eigenvalue weighted by atomic mass is 16.3. The fourth-order valence-electron chi connectivity index (χ4n) is 0.928. The molecule has 0 saturated carbocycles. The van der Waals surface area contributed by atoms with E-state index in [1.54, 1.807) is 6.92 Å². The molecule has 1 rings (SSSR count). The van der Waals surface area contributed by atoms with Crippen LogP contribution in [0.5, 0.6) is 5.88 Å². The quantitative estimate of drug-likeness (QED) is 0.580. The number of hydrogen-bond acceptors (Lipinski definition) is 2. The summed E-state index contributed by atoms with van der Waals surface area (Å²) in [6, 6.07) is 1.33. The smallest absolute Gasteiger partial charge is 0.250 e. The maximum Gasteiger partial charge on any atom is 0.250 e. The third-order valence-electron chi connectivity index (χ3n) is 1.69. The molecule has 0 spiro atoms. The number of aromatic nitrogens is 1. The molecule has 4 heteroatoms. The van der Waals surface area contributed by atoms with E-state index >= 15 is 0 Å². The van der Waals surface area contributed by atoms with E-state index in [4.69, 9.17) is 6.57 Å². The van der Waals surface area contributed by atoms with Crippen molar-refractivity contribution in [2.45, 2.75) is 6.92 Å². The molecule has 1 heterocycles. The topological polar surface area (TPSA) is 46.6 Å². The summed E-state index contributed by atoms with van der Waals surface area (Å²) in [4.78, 5) is 14.1. The third kappa shape index (κ3) is 1.05. The van der Waals surface area contributed by atoms with Crippen molar-refractivity contribution >= 4 is 5.69 Å². The van der Waals surface area contributed by atoms with E-state index in [0.717, 1.165) is 4.57 Å². The van der Waals surface area contributed by atoms with Gasteiger partial charge in [-0.05, 0) is 18.6 Å². The van der Waals surface area contributed by atoms with Gasteiger partial charge in [-0.15, -0.1) is 0 Å². The second-order valence-corrected chi connectivity index (χ2v) is 2.51. The maximum atomic E-state index is 11.0. The van der Waals surface area contributed by atoms with E-state index in [1.165, 1.54) is 13.1 Å². The van der Waals surface area contributed by atoms with E-state index in [2.05, 4.69) is 4.85 Å². The zero-order chi connectivity index (χ0) is 9.30. The highest BCUT2D eigenvalue weighted by molar-refractivity contribution is 5.58. The lowest BCUT2D eigenvalue weighted by Crippen LogP contribution is -2.15. The number of pyridine rings is 1. The predicted octanol–water partition coefficient (Wildman–Crippen LogP) is 0.950. The molecule has 1 aromatic rings. The molecule has 0 bridgehead atoms. The molecule has 0 aliphatic heterocycles. The van der Waals surface area contributed by atoms with Gasteiger partial charge >= 0.3 is 0 Å². The van der Waals surface area contributed by atoms with Gasteiger partial charge in [0, 0.05) is 7.05 Å². The second kappa shape index (κ2) is 2.70. The van der Waals surface area contributed by atoms with Crippen LogP contribution in [-0.2, 0) is 7.05 Å². The summed E-state index contributed by atoms with van der Waals surface area (Å²) >= 11 is 0. The van der Waals surface area contributed by atoms with Gasteiger partial charge in [0.25, 0.3) is 5.56 Å². The molecule has 0 amide bonds. The molecule has 62 valence electrons. The van der Waals surface area contributed by atoms with Crippen LogP contribution in [0.3, 0.4) is 0 Å². The largest absolute Gasteiger partial charge is 0.503 e. The Kier molecular flexibility index (Phi) is 1.88. The molecule has 0 saturated heterocycles. The van der Waals surface area contributed by atoms with Gasteiger partial charge in [-0.1, -0.05) is 0 Å². The second-order valence-electron chi connectivity index (χ2n) is 2.51. The summed E-state index contributed by atoms with van der Waals surface area (Å²) < 4.78 is 1.04. The minimum atomic E-state index is -0.308. The molecule has 0 aliphatic rings. The van der Waals surface area contributed by atoms with Gasteiger partial charge in [0.05, 0.1) is 6.57 Å². The molecule has 0 atom stereocenters. The van der Waals surface area contributed by atoms with Crippen LogP contribution in [-0.4, -0.2) is 9.67 Å². The average Bonchev–Trinajstić information content (AvgIpc) is 2.01. The lowest BCUT2D eigenvalue weighted by molar-refractivity contribution is 0.426. The summed E-state index contributed by atoms with van der Waals surface area (Å²) in [6.45, 7) is 8.36. The lowest BCUT2D eigenvalue weighted by Gasteiger charge is -2.04. The van der Waals surface area contributed by atoms with E-state index in [1.807, 2.05) is 0 Å². The summed E-state index contributed by atoms with van der Waals surface area (Å²) in [6.07, 6.45) is 0. The normalized spacial score (nSPS) is 9.42. The Balaban J connectivity index is 3.66. The first kappa shape index (κ1) is 8.34. The zero-order valence-electron chi connectivity index (χ0n) is 6.83. The van der Waals surface area contributed by atoms with Crippen molar-refractivity contribution < 1.29 is 5.11 Å². The molecule has 12 heavy (non-hydrogen) atoms. The van der Waals surface area contributed by atoms with Crippen molar-refractivity contribution in [2.24, 2.45) is 7.05 Å². The van der Waals surface area contributed by atoms with Crippen LogP contribution < -0.4 is 5.56 Å². The number of aryl methyl sites for hydroxylation is 1. The van der Waals surface area contributed by atoms with Gasteiger partial charge < -0.3 is 5.11 Å². The Labute approximate surface area is 69.5 Å². The minimum Gasteiger partial charge on any atom is -0.503 e. The first-order chi connectivity index (χ1) is 5.57. The molecule has 0 fully saturated rings. The molecule has 1 aromatic heterocycles. The van der Waals surface area contributed by atoms with E-state index in [0.29, 0.717) is 5.56 Å². The first-order valence-corrected chi connectivity index (χ1v) is 3.35. The average molecular weight is 164 g/mol. The molecule has 4 nitrogen and oxygen atoms in total. The molecular formula is C8H8N2O2. The Bertz CT molecular complexity index is 412. The van der Waals surface area contributed by atoms with Gasteiger partial charge in [0.2, 0.25) is 5.69 Å².